The van der Waals surface area contributed by atoms with Crippen molar-refractivity contribution in [3.05, 3.63) is 20.8 Å². The van der Waals surface area contributed by atoms with E-state index in [1.54, 1.807) is 11.3 Å². The number of halogens is 1. The van der Waals surface area contributed by atoms with Gasteiger partial charge in [0, 0.05) is 19.0 Å². The van der Waals surface area contributed by atoms with Crippen LogP contribution in [0.3, 0.4) is 0 Å². The molecule has 2 nitrogen and oxygen atoms in total. The number of amides is 1. The van der Waals surface area contributed by atoms with Crippen molar-refractivity contribution >= 4 is 33.2 Å². The molecule has 1 amide bonds. The minimum absolute atomic E-state index is 0.0675. The first-order valence-electron chi connectivity index (χ1n) is 6.56. The van der Waals surface area contributed by atoms with Crippen molar-refractivity contribution in [2.75, 3.05) is 7.05 Å². The molecule has 0 unspecified atom stereocenters. The second-order valence-corrected chi connectivity index (χ2v) is 7.55. The summed E-state index contributed by atoms with van der Waals surface area (Å²) in [6.07, 6.45) is 5.53. The molecule has 1 aliphatic rings. The van der Waals surface area contributed by atoms with Crippen molar-refractivity contribution in [1.82, 2.24) is 4.90 Å². The average Bonchev–Trinajstić information content (AvgIpc) is 2.98. The number of carbonyl (C=O) groups excluding carboxylic acids is 1. The van der Waals surface area contributed by atoms with Crippen LogP contribution in [0.5, 0.6) is 0 Å². The highest BCUT2D eigenvalue weighted by atomic mass is 79.9. The van der Waals surface area contributed by atoms with Gasteiger partial charge in [0.05, 0.1) is 3.79 Å². The standard InChI is InChI=1S/C14H20BrNOS/c1-3-14(6-4-5-7-14)13(17)16(2)9-11-8-12(15)18-10-11/h8,10H,3-7,9H2,1-2H3. The zero-order chi connectivity index (χ0) is 13.2. The Kier molecular flexibility index (Phi) is 4.49. The predicted octanol–water partition coefficient (Wildman–Crippen LogP) is 4.44. The molecule has 1 saturated carbocycles. The molecule has 0 aliphatic heterocycles. The van der Waals surface area contributed by atoms with Gasteiger partial charge < -0.3 is 4.90 Å². The topological polar surface area (TPSA) is 20.3 Å². The SMILES string of the molecule is CCC1(C(=O)N(C)Cc2csc(Br)c2)CCCC1. The van der Waals surface area contributed by atoms with Gasteiger partial charge in [0.25, 0.3) is 0 Å². The van der Waals surface area contributed by atoms with Gasteiger partial charge in [-0.1, -0.05) is 19.8 Å². The molecule has 0 aromatic carbocycles. The minimum atomic E-state index is -0.0675. The van der Waals surface area contributed by atoms with Crippen LogP contribution in [0.2, 0.25) is 0 Å². The number of nitrogens with zero attached hydrogens (tertiary/aromatic N) is 1. The molecular formula is C14H20BrNOS. The zero-order valence-corrected chi connectivity index (χ0v) is 13.4. The van der Waals surface area contributed by atoms with E-state index in [0.717, 1.165) is 29.6 Å². The molecule has 100 valence electrons. The summed E-state index contributed by atoms with van der Waals surface area (Å²) in [5.74, 6) is 0.338. The van der Waals surface area contributed by atoms with Crippen LogP contribution in [-0.4, -0.2) is 17.9 Å². The highest BCUT2D eigenvalue weighted by molar-refractivity contribution is 9.11. The van der Waals surface area contributed by atoms with E-state index in [1.165, 1.54) is 18.4 Å². The molecule has 0 spiro atoms. The molecule has 0 N–H and O–H groups in total. The molecule has 1 aromatic heterocycles. The molecule has 1 fully saturated rings. The van der Waals surface area contributed by atoms with Gasteiger partial charge >= 0.3 is 0 Å². The summed E-state index contributed by atoms with van der Waals surface area (Å²) < 4.78 is 1.13. The van der Waals surface area contributed by atoms with Gasteiger partial charge in [-0.05, 0) is 52.2 Å². The van der Waals surface area contributed by atoms with Crippen LogP contribution in [0.25, 0.3) is 0 Å². The van der Waals surface area contributed by atoms with Crippen LogP contribution in [-0.2, 0) is 11.3 Å². The van der Waals surface area contributed by atoms with Crippen LogP contribution in [0, 0.1) is 5.41 Å². The van der Waals surface area contributed by atoms with E-state index in [-0.39, 0.29) is 5.41 Å². The van der Waals surface area contributed by atoms with Crippen LogP contribution < -0.4 is 0 Å². The molecule has 0 atom stereocenters. The van der Waals surface area contributed by atoms with Crippen LogP contribution in [0.4, 0.5) is 0 Å². The maximum absolute atomic E-state index is 12.6. The molecular weight excluding hydrogens is 310 g/mol. The van der Waals surface area contributed by atoms with E-state index >= 15 is 0 Å². The molecule has 1 aliphatic carbocycles. The zero-order valence-electron chi connectivity index (χ0n) is 11.0. The van der Waals surface area contributed by atoms with E-state index in [9.17, 15) is 4.79 Å². The summed E-state index contributed by atoms with van der Waals surface area (Å²) in [7, 11) is 1.93. The second kappa shape index (κ2) is 5.74. The van der Waals surface area contributed by atoms with E-state index in [1.807, 2.05) is 11.9 Å². The largest absolute Gasteiger partial charge is 0.341 e. The average molecular weight is 330 g/mol. The summed E-state index contributed by atoms with van der Waals surface area (Å²) in [5, 5.41) is 2.11. The Bertz CT molecular complexity index is 423. The van der Waals surface area contributed by atoms with Crippen LogP contribution in [0.1, 0.15) is 44.6 Å². The van der Waals surface area contributed by atoms with Gasteiger partial charge in [0.1, 0.15) is 0 Å². The number of thiophene rings is 1. The Morgan fingerprint density at radius 2 is 2.17 bits per heavy atom. The lowest BCUT2D eigenvalue weighted by molar-refractivity contribution is -0.141. The van der Waals surface area contributed by atoms with Gasteiger partial charge in [-0.15, -0.1) is 11.3 Å². The van der Waals surface area contributed by atoms with Gasteiger partial charge in [-0.25, -0.2) is 0 Å². The third kappa shape index (κ3) is 2.80. The van der Waals surface area contributed by atoms with Gasteiger partial charge in [0.2, 0.25) is 5.91 Å². The number of hydrogen-bond donors (Lipinski definition) is 0. The number of hydrogen-bond acceptors (Lipinski definition) is 2. The molecule has 0 radical (unpaired) electrons. The van der Waals surface area contributed by atoms with Gasteiger partial charge in [-0.3, -0.25) is 4.79 Å². The Morgan fingerprint density at radius 3 is 2.67 bits per heavy atom. The Balaban J connectivity index is 2.04. The molecule has 1 aromatic rings. The monoisotopic (exact) mass is 329 g/mol. The molecule has 0 bridgehead atoms. The maximum atomic E-state index is 12.6. The van der Waals surface area contributed by atoms with E-state index < -0.39 is 0 Å². The second-order valence-electron chi connectivity index (χ2n) is 5.26. The highest BCUT2D eigenvalue weighted by Crippen LogP contribution is 2.42. The van der Waals surface area contributed by atoms with Crippen LogP contribution in [0.15, 0.2) is 15.2 Å². The van der Waals surface area contributed by atoms with E-state index in [0.29, 0.717) is 5.91 Å². The first-order chi connectivity index (χ1) is 8.57. The van der Waals surface area contributed by atoms with Crippen molar-refractivity contribution in [1.29, 1.82) is 0 Å². The maximum Gasteiger partial charge on any atom is 0.228 e. The van der Waals surface area contributed by atoms with Crippen molar-refractivity contribution in [3.8, 4) is 0 Å². The van der Waals surface area contributed by atoms with Gasteiger partial charge in [-0.2, -0.15) is 0 Å². The number of rotatable bonds is 4. The smallest absolute Gasteiger partial charge is 0.228 e. The predicted molar refractivity (Wildman–Crippen MR) is 79.7 cm³/mol. The van der Waals surface area contributed by atoms with Crippen LogP contribution >= 0.6 is 27.3 Å². The summed E-state index contributed by atoms with van der Waals surface area (Å²) >= 11 is 5.14. The lowest BCUT2D eigenvalue weighted by Gasteiger charge is -2.31. The first-order valence-corrected chi connectivity index (χ1v) is 8.23. The summed E-state index contributed by atoms with van der Waals surface area (Å²) in [6.45, 7) is 2.88. The summed E-state index contributed by atoms with van der Waals surface area (Å²) in [6, 6.07) is 2.10. The van der Waals surface area contributed by atoms with Crippen molar-refractivity contribution < 1.29 is 4.79 Å². The fourth-order valence-corrected chi connectivity index (χ4v) is 4.15. The summed E-state index contributed by atoms with van der Waals surface area (Å²) in [4.78, 5) is 14.5. The van der Waals surface area contributed by atoms with Gasteiger partial charge in [0.15, 0.2) is 0 Å². The lowest BCUT2D eigenvalue weighted by Crippen LogP contribution is -2.39. The molecule has 0 saturated heterocycles. The minimum Gasteiger partial charge on any atom is -0.341 e. The molecule has 2 rings (SSSR count). The Morgan fingerprint density at radius 1 is 1.50 bits per heavy atom. The normalized spacial score (nSPS) is 17.9. The Labute approximate surface area is 122 Å². The van der Waals surface area contributed by atoms with Crippen molar-refractivity contribution in [2.45, 2.75) is 45.6 Å². The fourth-order valence-electron chi connectivity index (χ4n) is 2.95. The van der Waals surface area contributed by atoms with Crippen molar-refractivity contribution in [2.24, 2.45) is 5.41 Å². The van der Waals surface area contributed by atoms with E-state index in [4.69, 9.17) is 0 Å². The third-order valence-corrected chi connectivity index (χ3v) is 5.63. The fraction of sp³-hybridized carbons (Fsp3) is 0.643. The molecule has 4 heteroatoms. The first kappa shape index (κ1) is 14.1. The molecule has 1 heterocycles. The molecule has 18 heavy (non-hydrogen) atoms. The lowest BCUT2D eigenvalue weighted by atomic mass is 9.82. The Hall–Kier alpha value is -0.350. The van der Waals surface area contributed by atoms with Crippen molar-refractivity contribution in [3.63, 3.8) is 0 Å². The van der Waals surface area contributed by atoms with E-state index in [2.05, 4.69) is 34.3 Å². The highest BCUT2D eigenvalue weighted by Gasteiger charge is 2.40. The third-order valence-electron chi connectivity index (χ3n) is 4.08. The summed E-state index contributed by atoms with van der Waals surface area (Å²) in [5.41, 5.74) is 1.15. The number of carbonyl (C=O) groups is 1. The quantitative estimate of drug-likeness (QED) is 0.799.